The van der Waals surface area contributed by atoms with Gasteiger partial charge in [-0.15, -0.1) is 16.4 Å². The van der Waals surface area contributed by atoms with Crippen molar-refractivity contribution in [1.82, 2.24) is 19.6 Å². The molecule has 3 heterocycles. The molecule has 0 saturated heterocycles. The number of alkyl halides is 2. The lowest BCUT2D eigenvalue weighted by atomic mass is 10.2. The number of fused-ring (bicyclic) bond motifs is 3. The van der Waals surface area contributed by atoms with Gasteiger partial charge in [0.2, 0.25) is 0 Å². The maximum absolute atomic E-state index is 12.1. The van der Waals surface area contributed by atoms with E-state index in [0.717, 1.165) is 10.2 Å². The van der Waals surface area contributed by atoms with E-state index in [1.807, 2.05) is 11.4 Å². The van der Waals surface area contributed by atoms with Gasteiger partial charge in [0.25, 0.3) is 0 Å². The normalized spacial score (nSPS) is 11.6. The zero-order valence-electron chi connectivity index (χ0n) is 11.0. The smallest absolute Gasteiger partial charge is 0.387 e. The standard InChI is InChI=1S/C14H8F2N4OS/c15-14(16)21-9-3-1-8(2-4-9)11-18-12-10-5-6-22-13(10)17-7-20(12)19-11/h1-7,14H. The maximum Gasteiger partial charge on any atom is 0.387 e. The Balaban J connectivity index is 1.77. The number of rotatable bonds is 3. The van der Waals surface area contributed by atoms with Gasteiger partial charge in [-0.25, -0.2) is 14.5 Å². The van der Waals surface area contributed by atoms with Crippen LogP contribution in [-0.2, 0) is 0 Å². The fourth-order valence-corrected chi connectivity index (χ4v) is 2.90. The summed E-state index contributed by atoms with van der Waals surface area (Å²) in [4.78, 5) is 9.70. The highest BCUT2D eigenvalue weighted by Crippen LogP contribution is 2.25. The van der Waals surface area contributed by atoms with Crippen molar-refractivity contribution in [3.8, 4) is 17.1 Å². The molecule has 4 rings (SSSR count). The molecule has 8 heteroatoms. The van der Waals surface area contributed by atoms with Crippen LogP contribution in [0.15, 0.2) is 42.0 Å². The van der Waals surface area contributed by atoms with Crippen LogP contribution in [0, 0.1) is 0 Å². The number of halogens is 2. The van der Waals surface area contributed by atoms with Crippen LogP contribution in [0.2, 0.25) is 0 Å². The van der Waals surface area contributed by atoms with Crippen LogP contribution in [0.3, 0.4) is 0 Å². The zero-order chi connectivity index (χ0) is 15.1. The van der Waals surface area contributed by atoms with Gasteiger partial charge in [-0.3, -0.25) is 0 Å². The topological polar surface area (TPSA) is 52.3 Å². The van der Waals surface area contributed by atoms with E-state index in [0.29, 0.717) is 17.0 Å². The average Bonchev–Trinajstić information content (AvgIpc) is 3.13. The second-order valence-corrected chi connectivity index (χ2v) is 5.39. The molecular weight excluding hydrogens is 310 g/mol. The van der Waals surface area contributed by atoms with Crippen LogP contribution >= 0.6 is 11.3 Å². The van der Waals surface area contributed by atoms with E-state index in [1.54, 1.807) is 23.0 Å². The molecule has 4 aromatic rings. The third-order valence-corrected chi connectivity index (χ3v) is 3.96. The first-order valence-corrected chi connectivity index (χ1v) is 7.22. The summed E-state index contributed by atoms with van der Waals surface area (Å²) in [5.41, 5.74) is 1.43. The summed E-state index contributed by atoms with van der Waals surface area (Å²) in [6.07, 6.45) is 1.61. The van der Waals surface area contributed by atoms with E-state index in [2.05, 4.69) is 19.8 Å². The molecule has 0 atom stereocenters. The van der Waals surface area contributed by atoms with Crippen LogP contribution in [0.25, 0.3) is 27.3 Å². The Morgan fingerprint density at radius 2 is 1.95 bits per heavy atom. The molecule has 0 saturated carbocycles. The Morgan fingerprint density at radius 1 is 1.14 bits per heavy atom. The highest BCUT2D eigenvalue weighted by Gasteiger charge is 2.11. The third kappa shape index (κ3) is 2.17. The Hall–Kier alpha value is -2.61. The van der Waals surface area contributed by atoms with Crippen molar-refractivity contribution in [3.05, 3.63) is 42.0 Å². The predicted molar refractivity (Wildman–Crippen MR) is 78.2 cm³/mol. The van der Waals surface area contributed by atoms with E-state index in [9.17, 15) is 8.78 Å². The summed E-state index contributed by atoms with van der Waals surface area (Å²) in [7, 11) is 0. The maximum atomic E-state index is 12.1. The Morgan fingerprint density at radius 3 is 2.73 bits per heavy atom. The molecule has 5 nitrogen and oxygen atoms in total. The van der Waals surface area contributed by atoms with Gasteiger partial charge in [-0.2, -0.15) is 8.78 Å². The van der Waals surface area contributed by atoms with Crippen LogP contribution < -0.4 is 4.74 Å². The van der Waals surface area contributed by atoms with Crippen LogP contribution in [0.1, 0.15) is 0 Å². The third-order valence-electron chi connectivity index (χ3n) is 3.14. The summed E-state index contributed by atoms with van der Waals surface area (Å²) in [6.45, 7) is -2.84. The molecular formula is C14H8F2N4OS. The summed E-state index contributed by atoms with van der Waals surface area (Å²) in [5, 5.41) is 7.24. The molecule has 1 aromatic carbocycles. The number of aromatic nitrogens is 4. The number of nitrogens with zero attached hydrogens (tertiary/aromatic N) is 4. The minimum Gasteiger partial charge on any atom is -0.435 e. The fourth-order valence-electron chi connectivity index (χ4n) is 2.17. The van der Waals surface area contributed by atoms with Crippen molar-refractivity contribution in [2.45, 2.75) is 6.61 Å². The number of hydrogen-bond acceptors (Lipinski definition) is 5. The SMILES string of the molecule is FC(F)Oc1ccc(-c2nc3c4ccsc4ncn3n2)cc1. The van der Waals surface area contributed by atoms with E-state index in [-0.39, 0.29) is 5.75 Å². The average molecular weight is 318 g/mol. The van der Waals surface area contributed by atoms with Gasteiger partial charge in [-0.1, -0.05) is 0 Å². The predicted octanol–water partition coefficient (Wildman–Crippen LogP) is 3.61. The van der Waals surface area contributed by atoms with Crippen molar-refractivity contribution >= 4 is 27.2 Å². The van der Waals surface area contributed by atoms with Crippen molar-refractivity contribution in [2.75, 3.05) is 0 Å². The molecule has 0 bridgehead atoms. The van der Waals surface area contributed by atoms with Gasteiger partial charge in [0.1, 0.15) is 16.9 Å². The van der Waals surface area contributed by atoms with Crippen molar-refractivity contribution in [3.63, 3.8) is 0 Å². The first-order chi connectivity index (χ1) is 10.7. The highest BCUT2D eigenvalue weighted by molar-refractivity contribution is 7.16. The Labute approximate surface area is 126 Å². The van der Waals surface area contributed by atoms with Gasteiger partial charge in [0, 0.05) is 5.56 Å². The lowest BCUT2D eigenvalue weighted by molar-refractivity contribution is -0.0498. The van der Waals surface area contributed by atoms with Crippen LogP contribution in [0.5, 0.6) is 5.75 Å². The second-order valence-electron chi connectivity index (χ2n) is 4.49. The minimum atomic E-state index is -2.84. The number of ether oxygens (including phenoxy) is 1. The summed E-state index contributed by atoms with van der Waals surface area (Å²) >= 11 is 1.54. The molecule has 22 heavy (non-hydrogen) atoms. The molecule has 0 radical (unpaired) electrons. The zero-order valence-corrected chi connectivity index (χ0v) is 11.8. The van der Waals surface area contributed by atoms with Gasteiger partial charge in [0.15, 0.2) is 11.5 Å². The van der Waals surface area contributed by atoms with Crippen molar-refractivity contribution in [1.29, 1.82) is 0 Å². The summed E-state index contributed by atoms with van der Waals surface area (Å²) in [5.74, 6) is 0.605. The molecule has 0 aliphatic rings. The lowest BCUT2D eigenvalue weighted by Crippen LogP contribution is -2.01. The van der Waals surface area contributed by atoms with Gasteiger partial charge in [-0.05, 0) is 35.7 Å². The monoisotopic (exact) mass is 318 g/mol. The fraction of sp³-hybridized carbons (Fsp3) is 0.0714. The first-order valence-electron chi connectivity index (χ1n) is 6.34. The molecule has 110 valence electrons. The van der Waals surface area contributed by atoms with Gasteiger partial charge < -0.3 is 4.74 Å². The second kappa shape index (κ2) is 4.99. The molecule has 0 unspecified atom stereocenters. The molecule has 0 fully saturated rings. The first kappa shape index (κ1) is 13.1. The van der Waals surface area contributed by atoms with E-state index < -0.39 is 6.61 Å². The van der Waals surface area contributed by atoms with Crippen LogP contribution in [0.4, 0.5) is 8.78 Å². The Kier molecular flexibility index (Phi) is 2.97. The highest BCUT2D eigenvalue weighted by atomic mass is 32.1. The van der Waals surface area contributed by atoms with Gasteiger partial charge >= 0.3 is 6.61 Å². The largest absolute Gasteiger partial charge is 0.435 e. The quantitative estimate of drug-likeness (QED) is 0.579. The van der Waals surface area contributed by atoms with Crippen molar-refractivity contribution < 1.29 is 13.5 Å². The number of hydrogen-bond donors (Lipinski definition) is 0. The van der Waals surface area contributed by atoms with E-state index in [4.69, 9.17) is 0 Å². The summed E-state index contributed by atoms with van der Waals surface area (Å²) < 4.78 is 30.2. The molecule has 0 aliphatic heterocycles. The number of benzene rings is 1. The molecule has 3 aromatic heterocycles. The summed E-state index contributed by atoms with van der Waals surface area (Å²) in [6, 6.07) is 8.16. The lowest BCUT2D eigenvalue weighted by Gasteiger charge is -2.03. The number of thiophene rings is 1. The van der Waals surface area contributed by atoms with Gasteiger partial charge in [0.05, 0.1) is 5.39 Å². The molecule has 0 spiro atoms. The molecule has 0 amide bonds. The minimum absolute atomic E-state index is 0.101. The van der Waals surface area contributed by atoms with Crippen molar-refractivity contribution in [2.24, 2.45) is 0 Å². The van der Waals surface area contributed by atoms with Crippen LogP contribution in [-0.4, -0.2) is 26.2 Å². The molecule has 0 aliphatic carbocycles. The Bertz CT molecular complexity index is 948. The van der Waals surface area contributed by atoms with E-state index in [1.165, 1.54) is 23.5 Å². The van der Waals surface area contributed by atoms with E-state index >= 15 is 0 Å². The molecule has 0 N–H and O–H groups in total.